The van der Waals surface area contributed by atoms with Crippen LogP contribution in [0.5, 0.6) is 5.75 Å². The van der Waals surface area contributed by atoms with Crippen LogP contribution in [0, 0.1) is 0 Å². The molecule has 2 aromatic rings. The van der Waals surface area contributed by atoms with Gasteiger partial charge in [0.15, 0.2) is 0 Å². The molecule has 0 aliphatic heterocycles. The lowest BCUT2D eigenvalue weighted by Crippen LogP contribution is -2.38. The Balaban J connectivity index is 1.86. The van der Waals surface area contributed by atoms with Gasteiger partial charge in [-0.25, -0.2) is 0 Å². The number of carbonyl (C=O) groups is 1. The number of ether oxygens (including phenoxy) is 2. The molecule has 4 nitrogen and oxygen atoms in total. The minimum Gasteiger partial charge on any atom is -0.478 e. The zero-order chi connectivity index (χ0) is 15.2. The van der Waals surface area contributed by atoms with Crippen LogP contribution in [0.15, 0.2) is 42.5 Å². The number of fused-ring (bicyclic) bond motifs is 1. The topological polar surface area (TPSA) is 47.6 Å². The van der Waals surface area contributed by atoms with Crippen molar-refractivity contribution in [1.29, 1.82) is 0 Å². The average molecular weight is 287 g/mol. The van der Waals surface area contributed by atoms with Crippen LogP contribution >= 0.6 is 0 Å². The second-order valence-electron chi connectivity index (χ2n) is 5.21. The molecule has 0 saturated carbocycles. The summed E-state index contributed by atoms with van der Waals surface area (Å²) < 4.78 is 10.7. The van der Waals surface area contributed by atoms with E-state index in [2.05, 4.69) is 11.4 Å². The molecule has 0 aliphatic rings. The molecule has 0 fully saturated rings. The van der Waals surface area contributed by atoms with E-state index >= 15 is 0 Å². The third kappa shape index (κ3) is 4.46. The summed E-state index contributed by atoms with van der Waals surface area (Å²) >= 11 is 0. The molecule has 1 atom stereocenters. The van der Waals surface area contributed by atoms with Gasteiger partial charge in [-0.3, -0.25) is 10.1 Å². The Morgan fingerprint density at radius 3 is 2.52 bits per heavy atom. The standard InChI is InChI=1S/C17H21NO3/c1-12(2)21-17(19)13(3)18-11-20-16-9-8-14-6-4-5-7-15(14)10-16/h4-10,12-13,18H,11H2,1-3H3. The van der Waals surface area contributed by atoms with Gasteiger partial charge in [0.05, 0.1) is 6.10 Å². The van der Waals surface area contributed by atoms with E-state index in [1.165, 1.54) is 5.39 Å². The van der Waals surface area contributed by atoms with Crippen molar-refractivity contribution >= 4 is 16.7 Å². The quantitative estimate of drug-likeness (QED) is 0.655. The smallest absolute Gasteiger partial charge is 0.323 e. The Labute approximate surface area is 125 Å². The van der Waals surface area contributed by atoms with Crippen molar-refractivity contribution in [3.8, 4) is 5.75 Å². The molecule has 0 radical (unpaired) electrons. The fourth-order valence-corrected chi connectivity index (χ4v) is 1.92. The molecule has 0 amide bonds. The predicted molar refractivity (Wildman–Crippen MR) is 83.3 cm³/mol. The van der Waals surface area contributed by atoms with Crippen LogP contribution in [0.25, 0.3) is 10.8 Å². The highest BCUT2D eigenvalue weighted by Crippen LogP contribution is 2.20. The van der Waals surface area contributed by atoms with Crippen molar-refractivity contribution < 1.29 is 14.3 Å². The average Bonchev–Trinajstić information content (AvgIpc) is 2.46. The molecule has 2 rings (SSSR count). The van der Waals surface area contributed by atoms with Crippen LogP contribution in [-0.4, -0.2) is 24.8 Å². The van der Waals surface area contributed by atoms with Gasteiger partial charge in [0.1, 0.15) is 18.5 Å². The second-order valence-corrected chi connectivity index (χ2v) is 5.21. The van der Waals surface area contributed by atoms with Crippen LogP contribution in [0.2, 0.25) is 0 Å². The summed E-state index contributed by atoms with van der Waals surface area (Å²) in [5, 5.41) is 5.29. The van der Waals surface area contributed by atoms with E-state index in [4.69, 9.17) is 9.47 Å². The molecule has 112 valence electrons. The lowest BCUT2D eigenvalue weighted by Gasteiger charge is -2.15. The minimum absolute atomic E-state index is 0.108. The largest absolute Gasteiger partial charge is 0.478 e. The van der Waals surface area contributed by atoms with E-state index in [-0.39, 0.29) is 18.8 Å². The zero-order valence-corrected chi connectivity index (χ0v) is 12.6. The number of carbonyl (C=O) groups excluding carboxylic acids is 1. The van der Waals surface area contributed by atoms with Crippen molar-refractivity contribution in [2.75, 3.05) is 6.73 Å². The van der Waals surface area contributed by atoms with Crippen LogP contribution in [0.1, 0.15) is 20.8 Å². The van der Waals surface area contributed by atoms with E-state index in [1.807, 2.05) is 50.2 Å². The highest BCUT2D eigenvalue weighted by molar-refractivity contribution is 5.83. The van der Waals surface area contributed by atoms with Crippen LogP contribution in [-0.2, 0) is 9.53 Å². The van der Waals surface area contributed by atoms with Gasteiger partial charge in [0.2, 0.25) is 0 Å². The molecule has 0 bridgehead atoms. The summed E-state index contributed by atoms with van der Waals surface area (Å²) in [5.74, 6) is 0.498. The highest BCUT2D eigenvalue weighted by atomic mass is 16.5. The van der Waals surface area contributed by atoms with E-state index in [1.54, 1.807) is 6.92 Å². The monoisotopic (exact) mass is 287 g/mol. The first-order valence-electron chi connectivity index (χ1n) is 7.12. The number of rotatable bonds is 6. The maximum absolute atomic E-state index is 11.6. The molecule has 0 saturated heterocycles. The second kappa shape index (κ2) is 7.09. The molecule has 1 N–H and O–H groups in total. The first-order valence-corrected chi connectivity index (χ1v) is 7.12. The van der Waals surface area contributed by atoms with Gasteiger partial charge in [0, 0.05) is 0 Å². The number of nitrogens with one attached hydrogen (secondary N) is 1. The summed E-state index contributed by atoms with van der Waals surface area (Å²) in [5.41, 5.74) is 0. The molecule has 0 aromatic heterocycles. The van der Waals surface area contributed by atoms with Gasteiger partial charge in [-0.05, 0) is 43.7 Å². The van der Waals surface area contributed by atoms with E-state index in [9.17, 15) is 4.79 Å². The first kappa shape index (κ1) is 15.3. The molecular weight excluding hydrogens is 266 g/mol. The minimum atomic E-state index is -0.396. The summed E-state index contributed by atoms with van der Waals surface area (Å²) in [4.78, 5) is 11.6. The van der Waals surface area contributed by atoms with Crippen molar-refractivity contribution in [3.05, 3.63) is 42.5 Å². The Kier molecular flexibility index (Phi) is 5.17. The zero-order valence-electron chi connectivity index (χ0n) is 12.6. The SMILES string of the molecule is CC(C)OC(=O)C(C)NCOc1ccc2ccccc2c1. The Morgan fingerprint density at radius 1 is 1.10 bits per heavy atom. The molecule has 0 heterocycles. The lowest BCUT2D eigenvalue weighted by atomic mass is 10.1. The van der Waals surface area contributed by atoms with Gasteiger partial charge in [-0.2, -0.15) is 0 Å². The van der Waals surface area contributed by atoms with Gasteiger partial charge < -0.3 is 9.47 Å². The van der Waals surface area contributed by atoms with Crippen molar-refractivity contribution in [1.82, 2.24) is 5.32 Å². The normalized spacial score (nSPS) is 12.4. The third-order valence-electron chi connectivity index (χ3n) is 3.05. The molecule has 4 heteroatoms. The number of esters is 1. The van der Waals surface area contributed by atoms with Crippen LogP contribution in [0.4, 0.5) is 0 Å². The lowest BCUT2D eigenvalue weighted by molar-refractivity contribution is -0.149. The maximum atomic E-state index is 11.6. The Hall–Kier alpha value is -2.07. The molecule has 0 aliphatic carbocycles. The first-order chi connectivity index (χ1) is 10.1. The van der Waals surface area contributed by atoms with E-state index < -0.39 is 6.04 Å². The van der Waals surface area contributed by atoms with Crippen LogP contribution < -0.4 is 10.1 Å². The summed E-state index contributed by atoms with van der Waals surface area (Å²) in [6.07, 6.45) is -0.108. The number of hydrogen-bond donors (Lipinski definition) is 1. The number of benzene rings is 2. The maximum Gasteiger partial charge on any atom is 0.323 e. The summed E-state index contributed by atoms with van der Waals surface area (Å²) in [6.45, 7) is 5.67. The fourth-order valence-electron chi connectivity index (χ4n) is 1.92. The molecule has 21 heavy (non-hydrogen) atoms. The Morgan fingerprint density at radius 2 is 1.81 bits per heavy atom. The van der Waals surface area contributed by atoms with E-state index in [0.717, 1.165) is 11.1 Å². The van der Waals surface area contributed by atoms with Gasteiger partial charge >= 0.3 is 5.97 Å². The fraction of sp³-hybridized carbons (Fsp3) is 0.353. The highest BCUT2D eigenvalue weighted by Gasteiger charge is 2.14. The van der Waals surface area contributed by atoms with Crippen LogP contribution in [0.3, 0.4) is 0 Å². The van der Waals surface area contributed by atoms with Gasteiger partial charge in [-0.1, -0.05) is 30.3 Å². The summed E-state index contributed by atoms with van der Waals surface area (Å²) in [7, 11) is 0. The van der Waals surface area contributed by atoms with Crippen molar-refractivity contribution in [2.24, 2.45) is 0 Å². The Bertz CT molecular complexity index is 610. The van der Waals surface area contributed by atoms with E-state index in [0.29, 0.717) is 0 Å². The van der Waals surface area contributed by atoms with Crippen molar-refractivity contribution in [2.45, 2.75) is 32.9 Å². The molecule has 1 unspecified atom stereocenters. The van der Waals surface area contributed by atoms with Crippen molar-refractivity contribution in [3.63, 3.8) is 0 Å². The van der Waals surface area contributed by atoms with Gasteiger partial charge in [-0.15, -0.1) is 0 Å². The molecule has 2 aromatic carbocycles. The number of hydrogen-bond acceptors (Lipinski definition) is 4. The predicted octanol–water partition coefficient (Wildman–Crippen LogP) is 3.11. The summed E-state index contributed by atoms with van der Waals surface area (Å²) in [6, 6.07) is 13.6. The molecule has 0 spiro atoms. The molecular formula is C17H21NO3. The third-order valence-corrected chi connectivity index (χ3v) is 3.05. The van der Waals surface area contributed by atoms with Gasteiger partial charge in [0.25, 0.3) is 0 Å².